The molecule has 1 aromatic heterocycles. The summed E-state index contributed by atoms with van der Waals surface area (Å²) < 4.78 is 6.75. The Labute approximate surface area is 145 Å². The topological polar surface area (TPSA) is 71.7 Å². The first-order valence-corrected chi connectivity index (χ1v) is 9.07. The Morgan fingerprint density at radius 3 is 3.00 bits per heavy atom. The molecule has 7 heteroatoms. The monoisotopic (exact) mass is 346 g/mol. The zero-order valence-electron chi connectivity index (χ0n) is 14.0. The van der Waals surface area contributed by atoms with Crippen LogP contribution in [0.5, 0.6) is 0 Å². The number of likely N-dealkylation sites (N-methyl/N-ethyl adjacent to an activating group) is 1. The number of carbonyl (C=O) groups is 1. The number of amides is 1. The molecule has 2 aromatic rings. The zero-order chi connectivity index (χ0) is 16.8. The molecule has 1 amide bonds. The number of carbonyl (C=O) groups excluding carboxylic acids is 1. The predicted molar refractivity (Wildman–Crippen MR) is 95.4 cm³/mol. The summed E-state index contributed by atoms with van der Waals surface area (Å²) in [7, 11) is 2.12. The van der Waals surface area contributed by atoms with Gasteiger partial charge in [-0.1, -0.05) is 11.3 Å². The lowest BCUT2D eigenvalue weighted by molar-refractivity contribution is 0.0483. The van der Waals surface area contributed by atoms with Crippen LogP contribution in [0.1, 0.15) is 15.9 Å². The van der Waals surface area contributed by atoms with Crippen molar-refractivity contribution >= 4 is 32.6 Å². The Kier molecular flexibility index (Phi) is 3.94. The van der Waals surface area contributed by atoms with Gasteiger partial charge < -0.3 is 20.3 Å². The van der Waals surface area contributed by atoms with Gasteiger partial charge in [0.15, 0.2) is 5.13 Å². The van der Waals surface area contributed by atoms with Gasteiger partial charge in [0.2, 0.25) is 0 Å². The van der Waals surface area contributed by atoms with Crippen molar-refractivity contribution in [3.63, 3.8) is 0 Å². The Morgan fingerprint density at radius 2 is 2.17 bits per heavy atom. The molecule has 2 N–H and O–H groups in total. The molecule has 0 saturated carbocycles. The maximum atomic E-state index is 13.2. The van der Waals surface area contributed by atoms with Crippen LogP contribution in [0.25, 0.3) is 10.2 Å². The van der Waals surface area contributed by atoms with Crippen molar-refractivity contribution in [1.29, 1.82) is 0 Å². The summed E-state index contributed by atoms with van der Waals surface area (Å²) in [6.45, 7) is 5.92. The normalized spacial score (nSPS) is 25.0. The number of hydrogen-bond acceptors (Lipinski definition) is 6. The first-order chi connectivity index (χ1) is 11.5. The highest BCUT2D eigenvalue weighted by atomic mass is 32.1. The lowest BCUT2D eigenvalue weighted by Gasteiger charge is -2.29. The van der Waals surface area contributed by atoms with Crippen LogP contribution in [-0.2, 0) is 4.74 Å². The van der Waals surface area contributed by atoms with Gasteiger partial charge in [-0.15, -0.1) is 0 Å². The van der Waals surface area contributed by atoms with Crippen molar-refractivity contribution in [2.24, 2.45) is 5.92 Å². The highest BCUT2D eigenvalue weighted by Crippen LogP contribution is 2.29. The summed E-state index contributed by atoms with van der Waals surface area (Å²) >= 11 is 1.43. The molecular formula is C17H22N4O2S. The van der Waals surface area contributed by atoms with E-state index in [0.29, 0.717) is 17.7 Å². The van der Waals surface area contributed by atoms with Crippen LogP contribution in [0.4, 0.5) is 5.13 Å². The fourth-order valence-electron chi connectivity index (χ4n) is 3.83. The third-order valence-corrected chi connectivity index (χ3v) is 5.69. The highest BCUT2D eigenvalue weighted by molar-refractivity contribution is 7.22. The number of fused-ring (bicyclic) bond motifs is 4. The highest BCUT2D eigenvalue weighted by Gasteiger charge is 2.35. The second-order valence-electron chi connectivity index (χ2n) is 6.93. The Bertz CT molecular complexity index is 790. The van der Waals surface area contributed by atoms with Crippen molar-refractivity contribution < 1.29 is 9.53 Å². The first-order valence-electron chi connectivity index (χ1n) is 8.25. The van der Waals surface area contributed by atoms with Gasteiger partial charge in [-0.2, -0.15) is 0 Å². The molecule has 2 atom stereocenters. The summed E-state index contributed by atoms with van der Waals surface area (Å²) in [5.41, 5.74) is 8.44. The van der Waals surface area contributed by atoms with Gasteiger partial charge in [0.05, 0.1) is 29.5 Å². The quantitative estimate of drug-likeness (QED) is 0.849. The third-order valence-electron chi connectivity index (χ3n) is 4.86. The Hall–Kier alpha value is -1.70. The molecule has 4 rings (SSSR count). The van der Waals surface area contributed by atoms with Gasteiger partial charge >= 0.3 is 0 Å². The number of anilines is 1. The predicted octanol–water partition coefficient (Wildman–Crippen LogP) is 1.59. The molecule has 128 valence electrons. The minimum absolute atomic E-state index is 0.0859. The summed E-state index contributed by atoms with van der Waals surface area (Å²) in [5.74, 6) is 0.457. The van der Waals surface area contributed by atoms with Crippen LogP contribution in [0.15, 0.2) is 12.1 Å². The number of nitrogens with two attached hydrogens (primary N) is 1. The lowest BCUT2D eigenvalue weighted by atomic mass is 10.1. The minimum Gasteiger partial charge on any atom is -0.379 e. The van der Waals surface area contributed by atoms with Gasteiger partial charge in [0, 0.05) is 31.1 Å². The van der Waals surface area contributed by atoms with E-state index in [-0.39, 0.29) is 11.9 Å². The standard InChI is InChI=1S/C17H22N4O2S/c1-10-3-12(4-14-15(10)19-17(18)24-14)16(22)21-6-11-5-20(2)7-13(21)9-23-8-11/h3-4,11,13H,5-9H2,1-2H3,(H2,18,19)/t11-,13-/m0/s1. The van der Waals surface area contributed by atoms with E-state index < -0.39 is 0 Å². The molecule has 1 aromatic carbocycles. The SMILES string of the molecule is Cc1cc(C(=O)N2C[C@H]3COC[C@@H]2CN(C)C3)cc2sc(N)nc12. The van der Waals surface area contributed by atoms with Crippen molar-refractivity contribution in [2.75, 3.05) is 45.6 Å². The molecule has 0 aliphatic carbocycles. The Balaban J connectivity index is 1.70. The van der Waals surface area contributed by atoms with Gasteiger partial charge in [-0.25, -0.2) is 4.98 Å². The van der Waals surface area contributed by atoms with Crippen molar-refractivity contribution in [3.8, 4) is 0 Å². The van der Waals surface area contributed by atoms with Crippen LogP contribution < -0.4 is 5.73 Å². The molecule has 0 spiro atoms. The molecule has 2 saturated heterocycles. The average molecular weight is 346 g/mol. The summed E-state index contributed by atoms with van der Waals surface area (Å²) in [4.78, 5) is 21.9. The largest absolute Gasteiger partial charge is 0.379 e. The van der Waals surface area contributed by atoms with E-state index in [1.807, 2.05) is 24.0 Å². The molecule has 0 radical (unpaired) electrons. The number of rotatable bonds is 1. The maximum absolute atomic E-state index is 13.2. The van der Waals surface area contributed by atoms with Gasteiger partial charge in [-0.3, -0.25) is 4.79 Å². The van der Waals surface area contributed by atoms with E-state index in [2.05, 4.69) is 16.9 Å². The smallest absolute Gasteiger partial charge is 0.254 e. The summed E-state index contributed by atoms with van der Waals surface area (Å²) in [5, 5.41) is 0.540. The number of thiazole rings is 1. The fourth-order valence-corrected chi connectivity index (χ4v) is 4.68. The number of nitrogens with zero attached hydrogens (tertiary/aromatic N) is 3. The number of nitrogen functional groups attached to an aromatic ring is 1. The zero-order valence-corrected chi connectivity index (χ0v) is 14.8. The molecule has 2 fully saturated rings. The lowest BCUT2D eigenvalue weighted by Crippen LogP contribution is -2.45. The molecule has 2 aliphatic rings. The second-order valence-corrected chi connectivity index (χ2v) is 7.99. The first kappa shape index (κ1) is 15.8. The number of aryl methyl sites for hydroxylation is 1. The molecular weight excluding hydrogens is 324 g/mol. The fraction of sp³-hybridized carbons (Fsp3) is 0.529. The third kappa shape index (κ3) is 2.76. The van der Waals surface area contributed by atoms with Crippen molar-refractivity contribution in [1.82, 2.24) is 14.8 Å². The van der Waals surface area contributed by atoms with Crippen LogP contribution >= 0.6 is 11.3 Å². The average Bonchev–Trinajstić information content (AvgIpc) is 2.69. The number of benzene rings is 1. The molecule has 3 heterocycles. The van der Waals surface area contributed by atoms with E-state index >= 15 is 0 Å². The molecule has 6 nitrogen and oxygen atoms in total. The maximum Gasteiger partial charge on any atom is 0.254 e. The van der Waals surface area contributed by atoms with Crippen LogP contribution in [0.2, 0.25) is 0 Å². The van der Waals surface area contributed by atoms with Crippen molar-refractivity contribution in [2.45, 2.75) is 13.0 Å². The molecule has 2 aliphatic heterocycles. The van der Waals surface area contributed by atoms with E-state index in [1.54, 1.807) is 0 Å². The molecule has 0 unspecified atom stereocenters. The van der Waals surface area contributed by atoms with Gasteiger partial charge in [0.1, 0.15) is 0 Å². The van der Waals surface area contributed by atoms with Crippen LogP contribution in [0.3, 0.4) is 0 Å². The van der Waals surface area contributed by atoms with Gasteiger partial charge in [0.25, 0.3) is 5.91 Å². The molecule has 24 heavy (non-hydrogen) atoms. The molecule has 2 bridgehead atoms. The van der Waals surface area contributed by atoms with Crippen LogP contribution in [-0.4, -0.2) is 66.6 Å². The minimum atomic E-state index is 0.0859. The second kappa shape index (κ2) is 5.98. The summed E-state index contributed by atoms with van der Waals surface area (Å²) in [6.07, 6.45) is 0. The van der Waals surface area contributed by atoms with E-state index in [0.717, 1.165) is 47.6 Å². The number of aromatic nitrogens is 1. The van der Waals surface area contributed by atoms with E-state index in [9.17, 15) is 4.79 Å². The van der Waals surface area contributed by atoms with E-state index in [1.165, 1.54) is 11.3 Å². The Morgan fingerprint density at radius 1 is 1.33 bits per heavy atom. The number of hydrogen-bond donors (Lipinski definition) is 1. The summed E-state index contributed by atoms with van der Waals surface area (Å²) in [6, 6.07) is 3.97. The van der Waals surface area contributed by atoms with Crippen LogP contribution in [0, 0.1) is 12.8 Å². The number of ether oxygens (including phenoxy) is 1. The van der Waals surface area contributed by atoms with Gasteiger partial charge in [-0.05, 0) is 31.7 Å². The van der Waals surface area contributed by atoms with E-state index in [4.69, 9.17) is 10.5 Å². The van der Waals surface area contributed by atoms with Crippen molar-refractivity contribution in [3.05, 3.63) is 23.3 Å².